The molecule has 3 nitrogen and oxygen atoms in total. The number of carbonyl (C=O) groups excluding carboxylic acids is 1. The highest BCUT2D eigenvalue weighted by Gasteiger charge is 2.13. The van der Waals surface area contributed by atoms with Crippen molar-refractivity contribution in [1.82, 2.24) is 4.98 Å². The standard InChI is InChI=1S/C15H13BrClFN2O/c1-8(2)13-5-9(6-14(17)19-13)15(21)20-12-4-3-10(18)7-11(12)16/h3-8H,1-2H3,(H,20,21). The number of nitrogens with one attached hydrogen (secondary N) is 1. The average molecular weight is 372 g/mol. The lowest BCUT2D eigenvalue weighted by molar-refractivity contribution is 0.102. The largest absolute Gasteiger partial charge is 0.321 e. The zero-order valence-electron chi connectivity index (χ0n) is 11.5. The molecular weight excluding hydrogens is 359 g/mol. The molecule has 0 aliphatic carbocycles. The van der Waals surface area contributed by atoms with E-state index in [1.807, 2.05) is 13.8 Å². The average Bonchev–Trinajstić information content (AvgIpc) is 2.41. The van der Waals surface area contributed by atoms with Crippen molar-refractivity contribution in [2.45, 2.75) is 19.8 Å². The van der Waals surface area contributed by atoms with E-state index in [2.05, 4.69) is 26.2 Å². The van der Waals surface area contributed by atoms with Crippen LogP contribution in [0.3, 0.4) is 0 Å². The molecule has 2 rings (SSSR count). The smallest absolute Gasteiger partial charge is 0.255 e. The van der Waals surface area contributed by atoms with E-state index in [1.165, 1.54) is 24.3 Å². The summed E-state index contributed by atoms with van der Waals surface area (Å²) in [6.45, 7) is 3.94. The third kappa shape index (κ3) is 4.02. The Morgan fingerprint density at radius 2 is 2.05 bits per heavy atom. The molecule has 1 aromatic carbocycles. The van der Waals surface area contributed by atoms with Gasteiger partial charge >= 0.3 is 0 Å². The van der Waals surface area contributed by atoms with Gasteiger partial charge in [0.1, 0.15) is 11.0 Å². The van der Waals surface area contributed by atoms with E-state index in [1.54, 1.807) is 6.07 Å². The molecule has 0 fully saturated rings. The number of anilines is 1. The molecule has 110 valence electrons. The minimum absolute atomic E-state index is 0.160. The summed E-state index contributed by atoms with van der Waals surface area (Å²) in [5, 5.41) is 2.98. The van der Waals surface area contributed by atoms with Crippen molar-refractivity contribution in [2.24, 2.45) is 0 Å². The Morgan fingerprint density at radius 3 is 2.67 bits per heavy atom. The van der Waals surface area contributed by atoms with Crippen LogP contribution in [0.4, 0.5) is 10.1 Å². The second-order valence-corrected chi connectivity index (χ2v) is 6.08. The number of rotatable bonds is 3. The van der Waals surface area contributed by atoms with Gasteiger partial charge in [-0.05, 0) is 52.2 Å². The third-order valence-corrected chi connectivity index (χ3v) is 3.70. The Bertz CT molecular complexity index is 691. The first-order valence-corrected chi connectivity index (χ1v) is 7.48. The molecule has 21 heavy (non-hydrogen) atoms. The van der Waals surface area contributed by atoms with E-state index >= 15 is 0 Å². The van der Waals surface area contributed by atoms with Gasteiger partial charge in [-0.1, -0.05) is 25.4 Å². The molecule has 0 spiro atoms. The maximum atomic E-state index is 13.0. The third-order valence-electron chi connectivity index (χ3n) is 2.85. The zero-order valence-corrected chi connectivity index (χ0v) is 13.8. The topological polar surface area (TPSA) is 42.0 Å². The number of amides is 1. The number of hydrogen-bond acceptors (Lipinski definition) is 2. The molecule has 0 bridgehead atoms. The summed E-state index contributed by atoms with van der Waals surface area (Å²) in [6, 6.07) is 7.25. The molecule has 1 N–H and O–H groups in total. The Labute approximate surface area is 135 Å². The van der Waals surface area contributed by atoms with Crippen molar-refractivity contribution in [3.05, 3.63) is 57.0 Å². The Hall–Kier alpha value is -1.46. The first-order valence-electron chi connectivity index (χ1n) is 6.30. The summed E-state index contributed by atoms with van der Waals surface area (Å²) in [5.74, 6) is -0.546. The van der Waals surface area contributed by atoms with Gasteiger partial charge in [0.2, 0.25) is 0 Å². The molecule has 0 aliphatic rings. The second-order valence-electron chi connectivity index (χ2n) is 4.84. The van der Waals surface area contributed by atoms with Crippen LogP contribution in [0.5, 0.6) is 0 Å². The van der Waals surface area contributed by atoms with Crippen molar-refractivity contribution in [1.29, 1.82) is 0 Å². The number of hydrogen-bond donors (Lipinski definition) is 1. The van der Waals surface area contributed by atoms with Crippen molar-refractivity contribution < 1.29 is 9.18 Å². The minimum atomic E-state index is -0.381. The molecule has 2 aromatic rings. The van der Waals surface area contributed by atoms with Crippen LogP contribution in [0, 0.1) is 5.82 Å². The van der Waals surface area contributed by atoms with E-state index < -0.39 is 0 Å². The van der Waals surface area contributed by atoms with E-state index in [-0.39, 0.29) is 22.8 Å². The SMILES string of the molecule is CC(C)c1cc(C(=O)Nc2ccc(F)cc2Br)cc(Cl)n1. The first kappa shape index (κ1) is 15.9. The molecule has 0 atom stereocenters. The Balaban J connectivity index is 2.28. The normalized spacial score (nSPS) is 10.8. The second kappa shape index (κ2) is 6.54. The van der Waals surface area contributed by atoms with Crippen LogP contribution >= 0.6 is 27.5 Å². The van der Waals surface area contributed by atoms with Gasteiger partial charge in [0, 0.05) is 15.7 Å². The number of benzene rings is 1. The maximum Gasteiger partial charge on any atom is 0.255 e. The van der Waals surface area contributed by atoms with E-state index in [0.29, 0.717) is 15.7 Å². The summed E-state index contributed by atoms with van der Waals surface area (Å²) in [7, 11) is 0. The highest BCUT2D eigenvalue weighted by Crippen LogP contribution is 2.24. The molecule has 0 aliphatic heterocycles. The van der Waals surface area contributed by atoms with Crippen LogP contribution in [0.2, 0.25) is 5.15 Å². The fourth-order valence-electron chi connectivity index (χ4n) is 1.73. The highest BCUT2D eigenvalue weighted by atomic mass is 79.9. The summed E-state index contributed by atoms with van der Waals surface area (Å²) in [5.41, 5.74) is 1.64. The molecule has 0 unspecified atom stereocenters. The number of pyridine rings is 1. The molecule has 1 aromatic heterocycles. The summed E-state index contributed by atoms with van der Waals surface area (Å²) in [6.07, 6.45) is 0. The van der Waals surface area contributed by atoms with Crippen molar-refractivity contribution in [2.75, 3.05) is 5.32 Å². The fourth-order valence-corrected chi connectivity index (χ4v) is 2.39. The summed E-state index contributed by atoms with van der Waals surface area (Å²) in [4.78, 5) is 16.4. The van der Waals surface area contributed by atoms with Crippen LogP contribution in [-0.4, -0.2) is 10.9 Å². The monoisotopic (exact) mass is 370 g/mol. The predicted molar refractivity (Wildman–Crippen MR) is 85.4 cm³/mol. The van der Waals surface area contributed by atoms with Crippen molar-refractivity contribution in [3.8, 4) is 0 Å². The van der Waals surface area contributed by atoms with Crippen molar-refractivity contribution >= 4 is 39.1 Å². The van der Waals surface area contributed by atoms with Crippen LogP contribution < -0.4 is 5.32 Å². The fraction of sp³-hybridized carbons (Fsp3) is 0.200. The Kier molecular flexibility index (Phi) is 4.96. The van der Waals surface area contributed by atoms with Gasteiger partial charge in [-0.25, -0.2) is 9.37 Å². The molecule has 0 saturated carbocycles. The van der Waals surface area contributed by atoms with Crippen molar-refractivity contribution in [3.63, 3.8) is 0 Å². The molecule has 0 saturated heterocycles. The highest BCUT2D eigenvalue weighted by molar-refractivity contribution is 9.10. The molecule has 1 heterocycles. The molecule has 0 radical (unpaired) electrons. The first-order chi connectivity index (χ1) is 9.86. The van der Waals surface area contributed by atoms with E-state index in [0.717, 1.165) is 5.69 Å². The van der Waals surface area contributed by atoms with Crippen LogP contribution in [0.15, 0.2) is 34.8 Å². The number of aromatic nitrogens is 1. The lowest BCUT2D eigenvalue weighted by Crippen LogP contribution is -2.13. The van der Waals surface area contributed by atoms with Gasteiger partial charge in [-0.15, -0.1) is 0 Å². The van der Waals surface area contributed by atoms with Gasteiger partial charge in [-0.3, -0.25) is 4.79 Å². The van der Waals surface area contributed by atoms with E-state index in [9.17, 15) is 9.18 Å². The molecule has 6 heteroatoms. The van der Waals surface area contributed by atoms with Crippen LogP contribution in [0.1, 0.15) is 35.8 Å². The Morgan fingerprint density at radius 1 is 1.33 bits per heavy atom. The quantitative estimate of drug-likeness (QED) is 0.770. The minimum Gasteiger partial charge on any atom is -0.321 e. The van der Waals surface area contributed by atoms with E-state index in [4.69, 9.17) is 11.6 Å². The van der Waals surface area contributed by atoms with Gasteiger partial charge in [-0.2, -0.15) is 0 Å². The van der Waals surface area contributed by atoms with Gasteiger partial charge in [0.05, 0.1) is 5.69 Å². The van der Waals surface area contributed by atoms with Gasteiger partial charge < -0.3 is 5.32 Å². The number of carbonyl (C=O) groups is 1. The molecule has 1 amide bonds. The zero-order chi connectivity index (χ0) is 15.6. The summed E-state index contributed by atoms with van der Waals surface area (Å²) >= 11 is 9.15. The summed E-state index contributed by atoms with van der Waals surface area (Å²) < 4.78 is 13.5. The maximum absolute atomic E-state index is 13.0. The van der Waals surface area contributed by atoms with Crippen LogP contribution in [0.25, 0.3) is 0 Å². The number of nitrogens with zero attached hydrogens (tertiary/aromatic N) is 1. The molecular formula is C15H13BrClFN2O. The van der Waals surface area contributed by atoms with Gasteiger partial charge in [0.25, 0.3) is 5.91 Å². The van der Waals surface area contributed by atoms with Crippen LogP contribution in [-0.2, 0) is 0 Å². The number of halogens is 3. The predicted octanol–water partition coefficient (Wildman–Crippen LogP) is 5.01. The lowest BCUT2D eigenvalue weighted by atomic mass is 10.1. The van der Waals surface area contributed by atoms with Gasteiger partial charge in [0.15, 0.2) is 0 Å². The lowest BCUT2D eigenvalue weighted by Gasteiger charge is -2.10.